The average Bonchev–Trinajstić information content (AvgIpc) is 2.38. The van der Waals surface area contributed by atoms with Crippen LogP contribution in [0.5, 0.6) is 0 Å². The van der Waals surface area contributed by atoms with Crippen LogP contribution in [0.15, 0.2) is 24.3 Å². The van der Waals surface area contributed by atoms with E-state index in [9.17, 15) is 4.79 Å². The SMILES string of the molecule is CC(C)[C@@H](C)c1cccc(CN2CCNC(=O)C2)c1. The molecule has 1 aliphatic heterocycles. The Labute approximate surface area is 116 Å². The lowest BCUT2D eigenvalue weighted by atomic mass is 9.89. The van der Waals surface area contributed by atoms with Crippen molar-refractivity contribution >= 4 is 5.91 Å². The lowest BCUT2D eigenvalue weighted by Gasteiger charge is -2.27. The van der Waals surface area contributed by atoms with Gasteiger partial charge in [0.15, 0.2) is 0 Å². The van der Waals surface area contributed by atoms with Gasteiger partial charge in [-0.1, -0.05) is 45.0 Å². The summed E-state index contributed by atoms with van der Waals surface area (Å²) in [4.78, 5) is 13.6. The molecule has 3 nitrogen and oxygen atoms in total. The minimum absolute atomic E-state index is 0.137. The summed E-state index contributed by atoms with van der Waals surface area (Å²) in [5, 5.41) is 2.86. The number of benzene rings is 1. The van der Waals surface area contributed by atoms with Gasteiger partial charge in [-0.3, -0.25) is 9.69 Å². The highest BCUT2D eigenvalue weighted by molar-refractivity contribution is 5.78. The Bertz CT molecular complexity index is 442. The molecule has 1 heterocycles. The summed E-state index contributed by atoms with van der Waals surface area (Å²) in [6.07, 6.45) is 0. The molecule has 0 radical (unpaired) electrons. The van der Waals surface area contributed by atoms with Crippen LogP contribution in [-0.2, 0) is 11.3 Å². The van der Waals surface area contributed by atoms with Crippen LogP contribution in [0.4, 0.5) is 0 Å². The molecular formula is C16H24N2O. The number of nitrogens with one attached hydrogen (secondary N) is 1. The quantitative estimate of drug-likeness (QED) is 0.901. The molecule has 1 aliphatic rings. The van der Waals surface area contributed by atoms with E-state index in [4.69, 9.17) is 0 Å². The van der Waals surface area contributed by atoms with Crippen molar-refractivity contribution in [3.05, 3.63) is 35.4 Å². The minimum atomic E-state index is 0.137. The third-order valence-electron chi connectivity index (χ3n) is 4.00. The summed E-state index contributed by atoms with van der Waals surface area (Å²) >= 11 is 0. The van der Waals surface area contributed by atoms with Crippen molar-refractivity contribution in [3.63, 3.8) is 0 Å². The standard InChI is InChI=1S/C16H24N2O/c1-12(2)13(3)15-6-4-5-14(9-15)10-18-8-7-17-16(19)11-18/h4-6,9,12-13H,7-8,10-11H2,1-3H3,(H,17,19)/t13-/m1/s1. The largest absolute Gasteiger partial charge is 0.354 e. The molecule has 104 valence electrons. The van der Waals surface area contributed by atoms with E-state index in [1.165, 1.54) is 11.1 Å². The topological polar surface area (TPSA) is 32.3 Å². The van der Waals surface area contributed by atoms with Crippen LogP contribution in [0.2, 0.25) is 0 Å². The molecule has 0 bridgehead atoms. The highest BCUT2D eigenvalue weighted by Crippen LogP contribution is 2.24. The Kier molecular flexibility index (Phi) is 4.59. The predicted molar refractivity (Wildman–Crippen MR) is 78.0 cm³/mol. The third-order valence-corrected chi connectivity index (χ3v) is 4.00. The molecular weight excluding hydrogens is 236 g/mol. The first-order valence-corrected chi connectivity index (χ1v) is 7.14. The summed E-state index contributed by atoms with van der Waals surface area (Å²) in [6, 6.07) is 8.78. The highest BCUT2D eigenvalue weighted by atomic mass is 16.2. The van der Waals surface area contributed by atoms with Crippen LogP contribution in [0.25, 0.3) is 0 Å². The first-order chi connectivity index (χ1) is 9.06. The summed E-state index contributed by atoms with van der Waals surface area (Å²) in [5.41, 5.74) is 2.70. The number of amides is 1. The number of carbonyl (C=O) groups is 1. The monoisotopic (exact) mass is 260 g/mol. The molecule has 0 aromatic heterocycles. The maximum Gasteiger partial charge on any atom is 0.234 e. The molecule has 1 aromatic carbocycles. The van der Waals surface area contributed by atoms with E-state index in [1.54, 1.807) is 0 Å². The Morgan fingerprint density at radius 3 is 2.79 bits per heavy atom. The molecule has 1 amide bonds. The molecule has 0 spiro atoms. The predicted octanol–water partition coefficient (Wildman–Crippen LogP) is 2.38. The number of hydrogen-bond donors (Lipinski definition) is 1. The Morgan fingerprint density at radius 2 is 2.11 bits per heavy atom. The summed E-state index contributed by atoms with van der Waals surface area (Å²) < 4.78 is 0. The van der Waals surface area contributed by atoms with Crippen molar-refractivity contribution < 1.29 is 4.79 Å². The van der Waals surface area contributed by atoms with E-state index in [2.05, 4.69) is 55.3 Å². The van der Waals surface area contributed by atoms with Crippen molar-refractivity contribution in [2.75, 3.05) is 19.6 Å². The van der Waals surface area contributed by atoms with Gasteiger partial charge in [-0.15, -0.1) is 0 Å². The van der Waals surface area contributed by atoms with E-state index in [0.29, 0.717) is 18.4 Å². The van der Waals surface area contributed by atoms with Crippen molar-refractivity contribution in [1.82, 2.24) is 10.2 Å². The zero-order valence-electron chi connectivity index (χ0n) is 12.1. The van der Waals surface area contributed by atoms with Crippen molar-refractivity contribution in [2.45, 2.75) is 33.2 Å². The summed E-state index contributed by atoms with van der Waals surface area (Å²) in [6.45, 7) is 9.88. The third kappa shape index (κ3) is 3.80. The molecule has 3 heteroatoms. The lowest BCUT2D eigenvalue weighted by Crippen LogP contribution is -2.47. The van der Waals surface area contributed by atoms with Gasteiger partial charge in [-0.25, -0.2) is 0 Å². The first-order valence-electron chi connectivity index (χ1n) is 7.14. The van der Waals surface area contributed by atoms with Gasteiger partial charge in [0.1, 0.15) is 0 Å². The molecule has 1 N–H and O–H groups in total. The Balaban J connectivity index is 2.04. The summed E-state index contributed by atoms with van der Waals surface area (Å²) in [5.74, 6) is 1.36. The second-order valence-corrected chi connectivity index (χ2v) is 5.84. The average molecular weight is 260 g/mol. The molecule has 0 saturated carbocycles. The fourth-order valence-corrected chi connectivity index (χ4v) is 2.44. The second kappa shape index (κ2) is 6.20. The molecule has 19 heavy (non-hydrogen) atoms. The van der Waals surface area contributed by atoms with Crippen LogP contribution in [-0.4, -0.2) is 30.4 Å². The van der Waals surface area contributed by atoms with Crippen LogP contribution >= 0.6 is 0 Å². The van der Waals surface area contributed by atoms with E-state index >= 15 is 0 Å². The van der Waals surface area contributed by atoms with Gasteiger partial charge >= 0.3 is 0 Å². The van der Waals surface area contributed by atoms with Crippen molar-refractivity contribution in [1.29, 1.82) is 0 Å². The van der Waals surface area contributed by atoms with Gasteiger partial charge in [0.25, 0.3) is 0 Å². The second-order valence-electron chi connectivity index (χ2n) is 5.84. The van der Waals surface area contributed by atoms with E-state index in [1.807, 2.05) is 0 Å². The molecule has 1 aromatic rings. The van der Waals surface area contributed by atoms with E-state index in [0.717, 1.165) is 19.6 Å². The number of hydrogen-bond acceptors (Lipinski definition) is 2. The van der Waals surface area contributed by atoms with Gasteiger partial charge in [0.2, 0.25) is 5.91 Å². The molecule has 0 aliphatic carbocycles. The molecule has 1 fully saturated rings. The normalized spacial score (nSPS) is 18.4. The number of rotatable bonds is 4. The number of piperazine rings is 1. The van der Waals surface area contributed by atoms with Gasteiger partial charge in [-0.05, 0) is 23.0 Å². The minimum Gasteiger partial charge on any atom is -0.354 e. The molecule has 0 unspecified atom stereocenters. The zero-order valence-corrected chi connectivity index (χ0v) is 12.1. The highest BCUT2D eigenvalue weighted by Gasteiger charge is 2.16. The lowest BCUT2D eigenvalue weighted by molar-refractivity contribution is -0.124. The van der Waals surface area contributed by atoms with Crippen LogP contribution in [0.1, 0.15) is 37.8 Å². The number of carbonyl (C=O) groups excluding carboxylic acids is 1. The van der Waals surface area contributed by atoms with Gasteiger partial charge in [0, 0.05) is 19.6 Å². The van der Waals surface area contributed by atoms with Crippen LogP contribution in [0.3, 0.4) is 0 Å². The van der Waals surface area contributed by atoms with Gasteiger partial charge < -0.3 is 5.32 Å². The zero-order chi connectivity index (χ0) is 13.8. The number of nitrogens with zero attached hydrogens (tertiary/aromatic N) is 1. The first kappa shape index (κ1) is 14.1. The van der Waals surface area contributed by atoms with Crippen LogP contribution in [0, 0.1) is 5.92 Å². The maximum absolute atomic E-state index is 11.4. The van der Waals surface area contributed by atoms with Gasteiger partial charge in [-0.2, -0.15) is 0 Å². The fourth-order valence-electron chi connectivity index (χ4n) is 2.44. The fraction of sp³-hybridized carbons (Fsp3) is 0.562. The van der Waals surface area contributed by atoms with Gasteiger partial charge in [0.05, 0.1) is 6.54 Å². The summed E-state index contributed by atoms with van der Waals surface area (Å²) in [7, 11) is 0. The van der Waals surface area contributed by atoms with Crippen LogP contribution < -0.4 is 5.32 Å². The molecule has 1 saturated heterocycles. The van der Waals surface area contributed by atoms with Crippen molar-refractivity contribution in [3.8, 4) is 0 Å². The maximum atomic E-state index is 11.4. The smallest absolute Gasteiger partial charge is 0.234 e. The van der Waals surface area contributed by atoms with E-state index < -0.39 is 0 Å². The molecule has 1 atom stereocenters. The van der Waals surface area contributed by atoms with Crippen molar-refractivity contribution in [2.24, 2.45) is 5.92 Å². The molecule has 2 rings (SSSR count). The Morgan fingerprint density at radius 1 is 1.32 bits per heavy atom. The van der Waals surface area contributed by atoms with E-state index in [-0.39, 0.29) is 5.91 Å². The Hall–Kier alpha value is -1.35.